The quantitative estimate of drug-likeness (QED) is 0.610. The van der Waals surface area contributed by atoms with Crippen LogP contribution in [0.25, 0.3) is 10.9 Å². The van der Waals surface area contributed by atoms with Crippen LogP contribution in [0, 0.1) is 5.82 Å². The van der Waals surface area contributed by atoms with Crippen LogP contribution in [0.3, 0.4) is 0 Å². The van der Waals surface area contributed by atoms with Crippen LogP contribution in [-0.4, -0.2) is 40.2 Å². The highest BCUT2D eigenvalue weighted by molar-refractivity contribution is 6.10. The van der Waals surface area contributed by atoms with E-state index in [1.807, 2.05) is 0 Å². The van der Waals surface area contributed by atoms with Crippen molar-refractivity contribution in [1.82, 2.24) is 15.2 Å². The Morgan fingerprint density at radius 2 is 2.00 bits per heavy atom. The number of aromatic nitrogens is 1. The zero-order valence-electron chi connectivity index (χ0n) is 16.0. The molecule has 3 heterocycles. The number of nitrogens with zero attached hydrogens (tertiary/aromatic N) is 1. The van der Waals surface area contributed by atoms with Crippen molar-refractivity contribution in [2.45, 2.75) is 25.4 Å². The van der Waals surface area contributed by atoms with Gasteiger partial charge >= 0.3 is 0 Å². The number of rotatable bonds is 2. The van der Waals surface area contributed by atoms with E-state index in [1.54, 1.807) is 35.2 Å². The number of hydrogen-bond acceptors (Lipinski definition) is 3. The van der Waals surface area contributed by atoms with Gasteiger partial charge in [-0.15, -0.1) is 0 Å². The van der Waals surface area contributed by atoms with E-state index in [0.29, 0.717) is 30.8 Å². The highest BCUT2D eigenvalue weighted by atomic mass is 19.1. The molecule has 152 valence electrons. The molecule has 0 bridgehead atoms. The molecule has 3 amide bonds. The first-order valence-electron chi connectivity index (χ1n) is 9.77. The van der Waals surface area contributed by atoms with Crippen LogP contribution in [-0.2, 0) is 22.6 Å². The number of nitrogens with one attached hydrogen (secondary N) is 3. The van der Waals surface area contributed by atoms with E-state index >= 15 is 0 Å². The lowest BCUT2D eigenvalue weighted by atomic mass is 10.0. The molecular formula is C22H19FN4O3. The van der Waals surface area contributed by atoms with Crippen LogP contribution >= 0.6 is 0 Å². The number of hydrogen-bond donors (Lipinski definition) is 3. The number of H-pyrrole nitrogens is 1. The first kappa shape index (κ1) is 18.4. The maximum absolute atomic E-state index is 13.7. The molecule has 2 aliphatic rings. The van der Waals surface area contributed by atoms with Crippen LogP contribution in [0.2, 0.25) is 0 Å². The second-order valence-electron chi connectivity index (χ2n) is 7.60. The fourth-order valence-electron chi connectivity index (χ4n) is 4.16. The Morgan fingerprint density at radius 1 is 1.17 bits per heavy atom. The third-order valence-electron chi connectivity index (χ3n) is 5.72. The summed E-state index contributed by atoms with van der Waals surface area (Å²) in [5.41, 5.74) is 3.52. The molecule has 0 saturated heterocycles. The van der Waals surface area contributed by atoms with Crippen molar-refractivity contribution in [3.8, 4) is 0 Å². The Bertz CT molecular complexity index is 1200. The largest absolute Gasteiger partial charge is 0.358 e. The average molecular weight is 406 g/mol. The summed E-state index contributed by atoms with van der Waals surface area (Å²) in [7, 11) is 0. The molecule has 30 heavy (non-hydrogen) atoms. The Hall–Kier alpha value is -3.68. The lowest BCUT2D eigenvalue weighted by Crippen LogP contribution is -2.46. The minimum absolute atomic E-state index is 0.141. The average Bonchev–Trinajstić information content (AvgIpc) is 3.04. The number of halogens is 1. The minimum Gasteiger partial charge on any atom is -0.358 e. The smallest absolute Gasteiger partial charge is 0.254 e. The number of aromatic amines is 1. The standard InChI is InChI=1S/C22H19FN4O3/c23-12-5-6-17-14(9-12)15-11-27(8-7-18(15)24-17)20(28)10-19-22(30)25-16-4-2-1-3-13(16)21(29)26-19/h1-6,9,19,24H,7-8,10-11H2,(H,25,30)(H,26,29)/t19-/m0/s1. The summed E-state index contributed by atoms with van der Waals surface area (Å²) in [5.74, 6) is -1.38. The normalized spacial score (nSPS) is 18.3. The second kappa shape index (κ2) is 6.98. The highest BCUT2D eigenvalue weighted by Crippen LogP contribution is 2.29. The lowest BCUT2D eigenvalue weighted by molar-refractivity contribution is -0.134. The highest BCUT2D eigenvalue weighted by Gasteiger charge is 2.32. The molecule has 2 aromatic carbocycles. The zero-order chi connectivity index (χ0) is 20.8. The van der Waals surface area contributed by atoms with Gasteiger partial charge < -0.3 is 20.5 Å². The van der Waals surface area contributed by atoms with E-state index in [1.165, 1.54) is 12.1 Å². The van der Waals surface area contributed by atoms with E-state index in [2.05, 4.69) is 15.6 Å². The molecule has 0 saturated carbocycles. The molecular weight excluding hydrogens is 387 g/mol. The van der Waals surface area contributed by atoms with E-state index in [-0.39, 0.29) is 18.1 Å². The van der Waals surface area contributed by atoms with Crippen LogP contribution in [0.15, 0.2) is 42.5 Å². The van der Waals surface area contributed by atoms with Crippen molar-refractivity contribution in [3.63, 3.8) is 0 Å². The summed E-state index contributed by atoms with van der Waals surface area (Å²) in [5, 5.41) is 6.13. The zero-order valence-corrected chi connectivity index (χ0v) is 16.0. The Morgan fingerprint density at radius 3 is 2.87 bits per heavy atom. The van der Waals surface area contributed by atoms with E-state index < -0.39 is 17.9 Å². The summed E-state index contributed by atoms with van der Waals surface area (Å²) >= 11 is 0. The number of anilines is 1. The Labute approximate surface area is 171 Å². The van der Waals surface area contributed by atoms with Crippen molar-refractivity contribution in [2.24, 2.45) is 0 Å². The van der Waals surface area contributed by atoms with Gasteiger partial charge in [0.1, 0.15) is 11.9 Å². The molecule has 2 aliphatic heterocycles. The molecule has 0 unspecified atom stereocenters. The van der Waals surface area contributed by atoms with Gasteiger partial charge in [0.2, 0.25) is 11.8 Å². The van der Waals surface area contributed by atoms with Gasteiger partial charge in [0.15, 0.2) is 0 Å². The molecule has 7 nitrogen and oxygen atoms in total. The lowest BCUT2D eigenvalue weighted by Gasteiger charge is -2.28. The van der Waals surface area contributed by atoms with Gasteiger partial charge in [0.05, 0.1) is 17.7 Å². The summed E-state index contributed by atoms with van der Waals surface area (Å²) < 4.78 is 13.7. The number of carbonyl (C=O) groups is 3. The summed E-state index contributed by atoms with van der Waals surface area (Å²) in [6.45, 7) is 0.823. The maximum Gasteiger partial charge on any atom is 0.254 e. The maximum atomic E-state index is 13.7. The Balaban J connectivity index is 1.34. The molecule has 0 aliphatic carbocycles. The molecule has 3 aromatic rings. The third-order valence-corrected chi connectivity index (χ3v) is 5.72. The topological polar surface area (TPSA) is 94.3 Å². The van der Waals surface area contributed by atoms with E-state index in [0.717, 1.165) is 22.2 Å². The predicted octanol–water partition coefficient (Wildman–Crippen LogP) is 2.33. The van der Waals surface area contributed by atoms with Crippen molar-refractivity contribution in [1.29, 1.82) is 0 Å². The fraction of sp³-hybridized carbons (Fsp3) is 0.227. The van der Waals surface area contributed by atoms with Gasteiger partial charge in [-0.1, -0.05) is 12.1 Å². The predicted molar refractivity (Wildman–Crippen MR) is 108 cm³/mol. The Kier molecular flexibility index (Phi) is 4.27. The van der Waals surface area contributed by atoms with Crippen LogP contribution in [0.5, 0.6) is 0 Å². The number of amides is 3. The molecule has 1 atom stereocenters. The van der Waals surface area contributed by atoms with Crippen LogP contribution < -0.4 is 10.6 Å². The molecule has 8 heteroatoms. The number of fused-ring (bicyclic) bond motifs is 4. The first-order valence-corrected chi connectivity index (χ1v) is 9.77. The van der Waals surface area contributed by atoms with Crippen molar-refractivity contribution < 1.29 is 18.8 Å². The molecule has 1 aromatic heterocycles. The van der Waals surface area contributed by atoms with Gasteiger partial charge in [-0.3, -0.25) is 14.4 Å². The van der Waals surface area contributed by atoms with Gasteiger partial charge in [-0.25, -0.2) is 4.39 Å². The van der Waals surface area contributed by atoms with Crippen molar-refractivity contribution in [3.05, 3.63) is 65.1 Å². The molecule has 0 radical (unpaired) electrons. The third kappa shape index (κ3) is 3.10. The van der Waals surface area contributed by atoms with Crippen LogP contribution in [0.1, 0.15) is 28.0 Å². The monoisotopic (exact) mass is 406 g/mol. The number of carbonyl (C=O) groups excluding carboxylic acids is 3. The van der Waals surface area contributed by atoms with Gasteiger partial charge in [0, 0.05) is 41.7 Å². The van der Waals surface area contributed by atoms with E-state index in [9.17, 15) is 18.8 Å². The molecule has 5 rings (SSSR count). The van der Waals surface area contributed by atoms with Crippen molar-refractivity contribution >= 4 is 34.3 Å². The van der Waals surface area contributed by atoms with Crippen molar-refractivity contribution in [2.75, 3.05) is 11.9 Å². The number of para-hydroxylation sites is 1. The SMILES string of the molecule is O=C1N[C@@H](CC(=O)N2CCc3[nH]c4ccc(F)cc4c3C2)C(=O)Nc2ccccc21. The second-order valence-corrected chi connectivity index (χ2v) is 7.60. The molecule has 0 spiro atoms. The van der Waals surface area contributed by atoms with Gasteiger partial charge in [-0.05, 0) is 30.3 Å². The molecule has 3 N–H and O–H groups in total. The fourth-order valence-corrected chi connectivity index (χ4v) is 4.16. The summed E-state index contributed by atoms with van der Waals surface area (Å²) in [6.07, 6.45) is 0.476. The minimum atomic E-state index is -0.959. The first-order chi connectivity index (χ1) is 14.5. The number of benzene rings is 2. The van der Waals surface area contributed by atoms with Gasteiger partial charge in [0.25, 0.3) is 5.91 Å². The molecule has 0 fully saturated rings. The summed E-state index contributed by atoms with van der Waals surface area (Å²) in [4.78, 5) is 42.9. The van der Waals surface area contributed by atoms with Gasteiger partial charge in [-0.2, -0.15) is 0 Å². The van der Waals surface area contributed by atoms with E-state index in [4.69, 9.17) is 0 Å². The van der Waals surface area contributed by atoms with Crippen LogP contribution in [0.4, 0.5) is 10.1 Å². The summed E-state index contributed by atoms with van der Waals surface area (Å²) in [6, 6.07) is 10.3.